The van der Waals surface area contributed by atoms with Gasteiger partial charge >= 0.3 is 0 Å². The van der Waals surface area contributed by atoms with Crippen molar-refractivity contribution in [2.75, 3.05) is 0 Å². The topological polar surface area (TPSA) is 70.0 Å². The molecule has 1 N–H and O–H groups in total. The maximum atomic E-state index is 11.9. The Morgan fingerprint density at radius 2 is 1.75 bits per heavy atom. The fraction of sp³-hybridized carbons (Fsp3) is 0.933. The first-order valence-electron chi connectivity index (χ1n) is 7.98. The molecule has 0 amide bonds. The first kappa shape index (κ1) is 15.6. The third kappa shape index (κ3) is 3.46. The van der Waals surface area contributed by atoms with E-state index in [-0.39, 0.29) is 5.25 Å². The number of nitrogens with zero attached hydrogens (tertiary/aromatic N) is 1. The molecule has 0 aromatic rings. The predicted molar refractivity (Wildman–Crippen MR) is 79.2 cm³/mol. The lowest BCUT2D eigenvalue weighted by molar-refractivity contribution is 0.126. The minimum absolute atomic E-state index is 0.359. The zero-order chi connectivity index (χ0) is 14.6. The second-order valence-corrected chi connectivity index (χ2v) is 8.37. The molecule has 4 nitrogen and oxygen atoms in total. The molecule has 0 aromatic carbocycles. The fourth-order valence-electron chi connectivity index (χ4n) is 4.34. The van der Waals surface area contributed by atoms with Gasteiger partial charge in [-0.25, -0.2) is 13.1 Å². The number of sulfonamides is 1. The molecule has 2 fully saturated rings. The smallest absolute Gasteiger partial charge is 0.219 e. The Bertz CT molecular complexity index is 447. The maximum absolute atomic E-state index is 11.9. The Morgan fingerprint density at radius 3 is 2.35 bits per heavy atom. The first-order valence-corrected chi connectivity index (χ1v) is 9.52. The Kier molecular flexibility index (Phi) is 5.31. The van der Waals surface area contributed by atoms with Crippen molar-refractivity contribution in [1.29, 1.82) is 5.26 Å². The van der Waals surface area contributed by atoms with Gasteiger partial charge in [0.15, 0.2) is 6.19 Å². The van der Waals surface area contributed by atoms with E-state index in [1.807, 2.05) is 4.72 Å². The van der Waals surface area contributed by atoms with Crippen molar-refractivity contribution in [3.8, 4) is 6.19 Å². The van der Waals surface area contributed by atoms with Gasteiger partial charge in [0.1, 0.15) is 0 Å². The lowest BCUT2D eigenvalue weighted by Crippen LogP contribution is -2.37. The van der Waals surface area contributed by atoms with E-state index in [1.54, 1.807) is 6.19 Å². The molecular formula is C15H26N2O2S. The van der Waals surface area contributed by atoms with E-state index in [2.05, 4.69) is 6.92 Å². The average Bonchev–Trinajstić information content (AvgIpc) is 2.47. The molecule has 20 heavy (non-hydrogen) atoms. The Hall–Kier alpha value is -0.760. The SMILES string of the molecule is CCC1CCCCC1C1CCC(S(=O)(=O)NC#N)CC1. The van der Waals surface area contributed by atoms with Gasteiger partial charge in [-0.2, -0.15) is 5.26 Å². The highest BCUT2D eigenvalue weighted by Gasteiger charge is 2.36. The lowest BCUT2D eigenvalue weighted by Gasteiger charge is -2.40. The number of hydrogen-bond acceptors (Lipinski definition) is 3. The molecule has 5 heteroatoms. The normalized spacial score (nSPS) is 35.2. The molecule has 2 saturated carbocycles. The maximum Gasteiger partial charge on any atom is 0.243 e. The van der Waals surface area contributed by atoms with Crippen LogP contribution in [0.15, 0.2) is 0 Å². The van der Waals surface area contributed by atoms with Crippen LogP contribution in [-0.2, 0) is 10.0 Å². The molecule has 2 unspecified atom stereocenters. The highest BCUT2D eigenvalue weighted by molar-refractivity contribution is 7.90. The van der Waals surface area contributed by atoms with Gasteiger partial charge in [0.05, 0.1) is 5.25 Å². The first-order chi connectivity index (χ1) is 9.58. The van der Waals surface area contributed by atoms with Gasteiger partial charge in [0, 0.05) is 0 Å². The van der Waals surface area contributed by atoms with E-state index in [4.69, 9.17) is 5.26 Å². The standard InChI is InChI=1S/C15H26N2O2S/c1-2-12-5-3-4-6-15(12)13-7-9-14(10-8-13)20(18,19)17-11-16/h12-15,17H,2-10H2,1H3. The summed E-state index contributed by atoms with van der Waals surface area (Å²) in [5.41, 5.74) is 0. The zero-order valence-corrected chi connectivity index (χ0v) is 13.2. The molecule has 0 spiro atoms. The van der Waals surface area contributed by atoms with Gasteiger partial charge in [-0.1, -0.05) is 32.6 Å². The molecule has 0 heterocycles. The number of nitrogens with one attached hydrogen (secondary N) is 1. The second-order valence-electron chi connectivity index (χ2n) is 6.41. The summed E-state index contributed by atoms with van der Waals surface area (Å²) in [4.78, 5) is 0. The summed E-state index contributed by atoms with van der Waals surface area (Å²) >= 11 is 0. The van der Waals surface area contributed by atoms with Gasteiger partial charge < -0.3 is 0 Å². The van der Waals surface area contributed by atoms with Crippen LogP contribution in [0.3, 0.4) is 0 Å². The minimum atomic E-state index is -3.42. The van der Waals surface area contributed by atoms with Crippen LogP contribution in [0, 0.1) is 29.2 Å². The highest BCUT2D eigenvalue weighted by atomic mass is 32.2. The molecule has 0 radical (unpaired) electrons. The zero-order valence-electron chi connectivity index (χ0n) is 12.3. The summed E-state index contributed by atoms with van der Waals surface area (Å²) in [6.07, 6.45) is 11.7. The summed E-state index contributed by atoms with van der Waals surface area (Å²) in [5.74, 6) is 2.36. The largest absolute Gasteiger partial charge is 0.243 e. The van der Waals surface area contributed by atoms with Crippen molar-refractivity contribution in [2.45, 2.75) is 70.0 Å². The van der Waals surface area contributed by atoms with Crippen LogP contribution in [0.25, 0.3) is 0 Å². The van der Waals surface area contributed by atoms with Crippen LogP contribution in [0.2, 0.25) is 0 Å². The summed E-state index contributed by atoms with van der Waals surface area (Å²) in [6, 6.07) is 0. The van der Waals surface area contributed by atoms with Crippen LogP contribution in [0.5, 0.6) is 0 Å². The molecule has 0 bridgehead atoms. The molecular weight excluding hydrogens is 272 g/mol. The van der Waals surface area contributed by atoms with Crippen molar-refractivity contribution in [3.05, 3.63) is 0 Å². The van der Waals surface area contributed by atoms with Crippen molar-refractivity contribution < 1.29 is 8.42 Å². The van der Waals surface area contributed by atoms with E-state index in [0.717, 1.165) is 24.7 Å². The van der Waals surface area contributed by atoms with E-state index in [1.165, 1.54) is 32.1 Å². The Balaban J connectivity index is 1.92. The molecule has 2 aliphatic rings. The summed E-state index contributed by atoms with van der Waals surface area (Å²) in [5, 5.41) is 8.16. The third-order valence-electron chi connectivity index (χ3n) is 5.44. The highest BCUT2D eigenvalue weighted by Crippen LogP contribution is 2.43. The molecule has 114 valence electrons. The van der Waals surface area contributed by atoms with Crippen molar-refractivity contribution in [2.24, 2.45) is 17.8 Å². The molecule has 2 rings (SSSR count). The van der Waals surface area contributed by atoms with Gasteiger partial charge in [-0.05, 0) is 49.9 Å². The van der Waals surface area contributed by atoms with Crippen LogP contribution >= 0.6 is 0 Å². The van der Waals surface area contributed by atoms with Crippen LogP contribution in [-0.4, -0.2) is 13.7 Å². The van der Waals surface area contributed by atoms with Gasteiger partial charge in [-0.3, -0.25) is 0 Å². The number of nitriles is 1. The van der Waals surface area contributed by atoms with Crippen molar-refractivity contribution in [3.63, 3.8) is 0 Å². The minimum Gasteiger partial charge on any atom is -0.219 e. The van der Waals surface area contributed by atoms with Crippen LogP contribution in [0.4, 0.5) is 0 Å². The van der Waals surface area contributed by atoms with Gasteiger partial charge in [-0.15, -0.1) is 0 Å². The van der Waals surface area contributed by atoms with Crippen molar-refractivity contribution >= 4 is 10.0 Å². The van der Waals surface area contributed by atoms with Crippen LogP contribution in [0.1, 0.15) is 64.7 Å². The molecule has 2 aliphatic carbocycles. The predicted octanol–water partition coefficient (Wildman–Crippen LogP) is 3.16. The fourth-order valence-corrected chi connectivity index (χ4v) is 5.52. The summed E-state index contributed by atoms with van der Waals surface area (Å²) in [6.45, 7) is 2.29. The van der Waals surface area contributed by atoms with E-state index in [0.29, 0.717) is 18.8 Å². The lowest BCUT2D eigenvalue weighted by atomic mass is 9.67. The molecule has 0 aromatic heterocycles. The van der Waals surface area contributed by atoms with Gasteiger partial charge in [0.25, 0.3) is 0 Å². The molecule has 0 saturated heterocycles. The number of hydrogen-bond donors (Lipinski definition) is 1. The Morgan fingerprint density at radius 1 is 1.10 bits per heavy atom. The average molecular weight is 298 g/mol. The molecule has 0 aliphatic heterocycles. The van der Waals surface area contributed by atoms with Crippen LogP contribution < -0.4 is 4.72 Å². The molecule has 2 atom stereocenters. The summed E-state index contributed by atoms with van der Waals surface area (Å²) in [7, 11) is -3.42. The monoisotopic (exact) mass is 298 g/mol. The van der Waals surface area contributed by atoms with E-state index < -0.39 is 10.0 Å². The third-order valence-corrected chi connectivity index (χ3v) is 7.17. The number of rotatable bonds is 4. The quantitative estimate of drug-likeness (QED) is 0.640. The Labute approximate surface area is 123 Å². The van der Waals surface area contributed by atoms with Gasteiger partial charge in [0.2, 0.25) is 10.0 Å². The van der Waals surface area contributed by atoms with Crippen molar-refractivity contribution in [1.82, 2.24) is 4.72 Å². The van der Waals surface area contributed by atoms with E-state index in [9.17, 15) is 8.42 Å². The van der Waals surface area contributed by atoms with E-state index >= 15 is 0 Å². The second kappa shape index (κ2) is 6.80. The summed E-state index contributed by atoms with van der Waals surface area (Å²) < 4.78 is 25.7.